The smallest absolute Gasteiger partial charge is 0.339 e. The van der Waals surface area contributed by atoms with Crippen LogP contribution in [0, 0.1) is 11.3 Å². The van der Waals surface area contributed by atoms with Gasteiger partial charge in [0.15, 0.2) is 0 Å². The number of nitrogens with zero attached hydrogens (tertiary/aromatic N) is 1. The van der Waals surface area contributed by atoms with E-state index in [1.54, 1.807) is 13.2 Å². The van der Waals surface area contributed by atoms with Gasteiger partial charge in [0.1, 0.15) is 23.0 Å². The fourth-order valence-corrected chi connectivity index (χ4v) is 1.65. The van der Waals surface area contributed by atoms with Crippen molar-refractivity contribution < 1.29 is 24.5 Å². The van der Waals surface area contributed by atoms with E-state index in [4.69, 9.17) is 15.1 Å². The van der Waals surface area contributed by atoms with Crippen molar-refractivity contribution in [3.8, 4) is 11.8 Å². The first-order valence-corrected chi connectivity index (χ1v) is 6.44. The number of carbonyl (C=O) groups is 2. The average molecular weight is 304 g/mol. The molecule has 0 atom stereocenters. The molecule has 0 aromatic heterocycles. The van der Waals surface area contributed by atoms with Crippen LogP contribution in [-0.2, 0) is 9.53 Å². The van der Waals surface area contributed by atoms with Crippen LogP contribution in [0.1, 0.15) is 22.3 Å². The van der Waals surface area contributed by atoms with E-state index in [0.717, 1.165) is 0 Å². The number of nitriles is 1. The van der Waals surface area contributed by atoms with Crippen LogP contribution in [0.5, 0.6) is 5.75 Å². The number of aromatic hydroxyl groups is 1. The second-order valence-electron chi connectivity index (χ2n) is 4.35. The molecule has 1 aromatic rings. The van der Waals surface area contributed by atoms with Gasteiger partial charge in [-0.1, -0.05) is 6.07 Å². The second-order valence-corrected chi connectivity index (χ2v) is 4.35. The van der Waals surface area contributed by atoms with Gasteiger partial charge in [-0.2, -0.15) is 5.26 Å². The Morgan fingerprint density at radius 2 is 2.18 bits per heavy atom. The summed E-state index contributed by atoms with van der Waals surface area (Å²) in [5.41, 5.74) is -0.0364. The zero-order valence-corrected chi connectivity index (χ0v) is 12.0. The summed E-state index contributed by atoms with van der Waals surface area (Å²) >= 11 is 0. The summed E-state index contributed by atoms with van der Waals surface area (Å²) in [5.74, 6) is -2.23. The molecule has 0 spiro atoms. The molecule has 22 heavy (non-hydrogen) atoms. The van der Waals surface area contributed by atoms with Gasteiger partial charge in [-0.25, -0.2) is 4.79 Å². The molecule has 0 aliphatic rings. The number of carbonyl (C=O) groups excluding carboxylic acids is 1. The van der Waals surface area contributed by atoms with Gasteiger partial charge in [-0.3, -0.25) is 4.79 Å². The van der Waals surface area contributed by atoms with Gasteiger partial charge in [0.2, 0.25) is 0 Å². The SMILES string of the molecule is COCCCNC(=O)C(C#N)=Cc1ccc(C(=O)O)c(O)c1. The van der Waals surface area contributed by atoms with E-state index in [1.807, 2.05) is 0 Å². The minimum Gasteiger partial charge on any atom is -0.507 e. The molecule has 7 heteroatoms. The standard InChI is InChI=1S/C15H16N2O5/c1-22-6-2-5-17-14(19)11(9-16)7-10-3-4-12(15(20)21)13(18)8-10/h3-4,7-8,18H,2,5-6H2,1H3,(H,17,19)(H,20,21). The monoisotopic (exact) mass is 304 g/mol. The maximum absolute atomic E-state index is 11.8. The lowest BCUT2D eigenvalue weighted by Gasteiger charge is -2.04. The lowest BCUT2D eigenvalue weighted by atomic mass is 10.1. The van der Waals surface area contributed by atoms with E-state index >= 15 is 0 Å². The van der Waals surface area contributed by atoms with Crippen molar-refractivity contribution in [3.63, 3.8) is 0 Å². The van der Waals surface area contributed by atoms with Crippen molar-refractivity contribution in [3.05, 3.63) is 34.9 Å². The highest BCUT2D eigenvalue weighted by Crippen LogP contribution is 2.20. The Hall–Kier alpha value is -2.85. The summed E-state index contributed by atoms with van der Waals surface area (Å²) in [6.07, 6.45) is 1.89. The van der Waals surface area contributed by atoms with Crippen molar-refractivity contribution in [2.24, 2.45) is 0 Å². The third kappa shape index (κ3) is 4.92. The highest BCUT2D eigenvalue weighted by Gasteiger charge is 2.11. The predicted molar refractivity (Wildman–Crippen MR) is 78.2 cm³/mol. The maximum Gasteiger partial charge on any atom is 0.339 e. The minimum atomic E-state index is -1.26. The number of amides is 1. The minimum absolute atomic E-state index is 0.139. The fourth-order valence-electron chi connectivity index (χ4n) is 1.65. The predicted octanol–water partition coefficient (Wildman–Crippen LogP) is 1.15. The molecule has 1 rings (SSSR count). The largest absolute Gasteiger partial charge is 0.507 e. The second kappa shape index (κ2) is 8.44. The highest BCUT2D eigenvalue weighted by atomic mass is 16.5. The molecule has 0 aliphatic heterocycles. The van der Waals surface area contributed by atoms with Crippen LogP contribution in [0.25, 0.3) is 6.08 Å². The third-order valence-corrected chi connectivity index (χ3v) is 2.74. The zero-order chi connectivity index (χ0) is 16.5. The van der Waals surface area contributed by atoms with Crippen LogP contribution in [0.3, 0.4) is 0 Å². The molecule has 0 saturated heterocycles. The number of carboxylic acids is 1. The molecule has 0 unspecified atom stereocenters. The quantitative estimate of drug-likeness (QED) is 0.395. The third-order valence-electron chi connectivity index (χ3n) is 2.74. The number of hydrogen-bond acceptors (Lipinski definition) is 5. The van der Waals surface area contributed by atoms with Gasteiger partial charge in [-0.15, -0.1) is 0 Å². The van der Waals surface area contributed by atoms with E-state index < -0.39 is 17.6 Å². The highest BCUT2D eigenvalue weighted by molar-refractivity contribution is 6.01. The Morgan fingerprint density at radius 1 is 1.45 bits per heavy atom. The first-order valence-electron chi connectivity index (χ1n) is 6.44. The van der Waals surface area contributed by atoms with E-state index in [2.05, 4.69) is 5.32 Å². The Morgan fingerprint density at radius 3 is 2.73 bits per heavy atom. The Labute approximate surface area is 127 Å². The molecule has 3 N–H and O–H groups in total. The number of aromatic carboxylic acids is 1. The fraction of sp³-hybridized carbons (Fsp3) is 0.267. The molecule has 0 radical (unpaired) electrons. The maximum atomic E-state index is 11.8. The summed E-state index contributed by atoms with van der Waals surface area (Å²) in [5, 5.41) is 30.0. The van der Waals surface area contributed by atoms with Crippen LogP contribution < -0.4 is 5.32 Å². The molecular formula is C15H16N2O5. The molecule has 7 nitrogen and oxygen atoms in total. The Bertz CT molecular complexity index is 631. The summed E-state index contributed by atoms with van der Waals surface area (Å²) in [4.78, 5) is 22.6. The summed E-state index contributed by atoms with van der Waals surface area (Å²) in [6, 6.07) is 5.55. The number of rotatable bonds is 7. The molecule has 116 valence electrons. The zero-order valence-electron chi connectivity index (χ0n) is 12.0. The van der Waals surface area contributed by atoms with Gasteiger partial charge < -0.3 is 20.3 Å². The summed E-state index contributed by atoms with van der Waals surface area (Å²) < 4.78 is 4.84. The van der Waals surface area contributed by atoms with Crippen molar-refractivity contribution in [2.45, 2.75) is 6.42 Å². The first-order chi connectivity index (χ1) is 10.5. The lowest BCUT2D eigenvalue weighted by Crippen LogP contribution is -2.26. The first kappa shape index (κ1) is 17.2. The van der Waals surface area contributed by atoms with Crippen molar-refractivity contribution >= 4 is 18.0 Å². The van der Waals surface area contributed by atoms with Gasteiger partial charge in [0.25, 0.3) is 5.91 Å². The van der Waals surface area contributed by atoms with Gasteiger partial charge in [0.05, 0.1) is 0 Å². The van der Waals surface area contributed by atoms with Crippen LogP contribution >= 0.6 is 0 Å². The Kier molecular flexibility index (Phi) is 6.60. The van der Waals surface area contributed by atoms with E-state index in [0.29, 0.717) is 25.1 Å². The topological polar surface area (TPSA) is 120 Å². The summed E-state index contributed by atoms with van der Waals surface area (Å²) in [6.45, 7) is 0.866. The molecule has 1 aromatic carbocycles. The lowest BCUT2D eigenvalue weighted by molar-refractivity contribution is -0.117. The van der Waals surface area contributed by atoms with E-state index in [-0.39, 0.29) is 11.1 Å². The number of carboxylic acid groups (broad SMARTS) is 1. The van der Waals surface area contributed by atoms with Gasteiger partial charge in [-0.05, 0) is 30.2 Å². The normalized spacial score (nSPS) is 10.8. The van der Waals surface area contributed by atoms with Crippen molar-refractivity contribution in [1.82, 2.24) is 5.32 Å². The molecule has 0 aliphatic carbocycles. The van der Waals surface area contributed by atoms with Crippen LogP contribution in [0.4, 0.5) is 0 Å². The number of benzene rings is 1. The molecule has 0 heterocycles. The number of methoxy groups -OCH3 is 1. The molecule has 0 saturated carbocycles. The number of ether oxygens (including phenoxy) is 1. The van der Waals surface area contributed by atoms with Gasteiger partial charge >= 0.3 is 5.97 Å². The molecular weight excluding hydrogens is 288 g/mol. The van der Waals surface area contributed by atoms with Gasteiger partial charge in [0, 0.05) is 20.3 Å². The summed E-state index contributed by atoms with van der Waals surface area (Å²) in [7, 11) is 1.55. The average Bonchev–Trinajstić information content (AvgIpc) is 2.48. The molecule has 1 amide bonds. The van der Waals surface area contributed by atoms with Crippen LogP contribution in [-0.4, -0.2) is 42.4 Å². The number of phenols is 1. The van der Waals surface area contributed by atoms with E-state index in [9.17, 15) is 14.7 Å². The number of nitrogens with one attached hydrogen (secondary N) is 1. The van der Waals surface area contributed by atoms with Crippen molar-refractivity contribution in [1.29, 1.82) is 5.26 Å². The molecule has 0 bridgehead atoms. The van der Waals surface area contributed by atoms with Crippen LogP contribution in [0.15, 0.2) is 23.8 Å². The van der Waals surface area contributed by atoms with E-state index in [1.165, 1.54) is 24.3 Å². The van der Waals surface area contributed by atoms with Crippen molar-refractivity contribution in [2.75, 3.05) is 20.3 Å². The number of hydrogen-bond donors (Lipinski definition) is 3. The Balaban J connectivity index is 2.84. The van der Waals surface area contributed by atoms with Crippen LogP contribution in [0.2, 0.25) is 0 Å². The molecule has 0 fully saturated rings.